The summed E-state index contributed by atoms with van der Waals surface area (Å²) < 4.78 is 37.2. The van der Waals surface area contributed by atoms with Crippen LogP contribution in [-0.2, 0) is 27.9 Å². The van der Waals surface area contributed by atoms with Gasteiger partial charge in [0, 0.05) is 6.42 Å². The lowest BCUT2D eigenvalue weighted by atomic mass is 9.87. The van der Waals surface area contributed by atoms with E-state index in [1.165, 1.54) is 0 Å². The lowest BCUT2D eigenvalue weighted by molar-refractivity contribution is -0.255. The Kier molecular flexibility index (Phi) is 12.5. The fraction of sp³-hybridized carbons (Fsp3) is 0.438. The van der Waals surface area contributed by atoms with Crippen LogP contribution >= 0.6 is 0 Å². The molecule has 0 radical (unpaired) electrons. The summed E-state index contributed by atoms with van der Waals surface area (Å²) >= 11 is 0. The number of fused-ring (bicyclic) bond motifs is 2. The van der Waals surface area contributed by atoms with E-state index in [1.54, 1.807) is 6.08 Å². The van der Waals surface area contributed by atoms with Gasteiger partial charge in [-0.15, -0.1) is 6.58 Å². The van der Waals surface area contributed by atoms with E-state index in [4.69, 9.17) is 23.1 Å². The molecule has 308 valence electrons. The third kappa shape index (κ3) is 7.98. The standard InChI is InChI=1S/C48H60O8Si2/c1-8-33(49)31-40-43(55-57(47(2,3)4,35-21-13-9-14-22-35)36-23-15-10-16-24-36)44-45(54-40)46(42-39(53-44)30-29-34(52-42)32-41(50)51)56-58(48(5,6)7,37-25-17-11-18-26-37)38-27-19-12-20-28-38/h8-28,33-34,39-40,42-46,49H,1,29-32H2,2-7H3,(H,50,51)/t33?,34-,39+,40-,42+,43+,44+,45-,46+/m1/s1. The van der Waals surface area contributed by atoms with Gasteiger partial charge in [-0.25, -0.2) is 0 Å². The largest absolute Gasteiger partial charge is 0.481 e. The lowest BCUT2D eigenvalue weighted by Gasteiger charge is -2.53. The summed E-state index contributed by atoms with van der Waals surface area (Å²) in [6.45, 7) is 17.4. The van der Waals surface area contributed by atoms with Gasteiger partial charge in [-0.2, -0.15) is 0 Å². The molecule has 0 spiro atoms. The summed E-state index contributed by atoms with van der Waals surface area (Å²) in [5.74, 6) is -0.906. The second kappa shape index (κ2) is 17.1. The first-order valence-corrected chi connectivity index (χ1v) is 24.6. The van der Waals surface area contributed by atoms with E-state index in [2.05, 4.69) is 145 Å². The summed E-state index contributed by atoms with van der Waals surface area (Å²) in [6.07, 6.45) is -2.70. The number of carboxylic acids is 1. The summed E-state index contributed by atoms with van der Waals surface area (Å²) in [5.41, 5.74) is 0. The molecule has 0 amide bonds. The van der Waals surface area contributed by atoms with Crippen molar-refractivity contribution in [3.63, 3.8) is 0 Å². The molecule has 1 unspecified atom stereocenters. The monoisotopic (exact) mass is 820 g/mol. The number of hydrogen-bond acceptors (Lipinski definition) is 7. The van der Waals surface area contributed by atoms with Gasteiger partial charge < -0.3 is 33.3 Å². The quantitative estimate of drug-likeness (QED) is 0.119. The maximum Gasteiger partial charge on any atom is 0.305 e. The molecule has 7 rings (SSSR count). The molecule has 3 saturated heterocycles. The Balaban J connectivity index is 1.41. The van der Waals surface area contributed by atoms with E-state index in [1.807, 2.05) is 24.3 Å². The van der Waals surface area contributed by atoms with Crippen LogP contribution in [0, 0.1) is 0 Å². The maximum absolute atomic E-state index is 12.1. The van der Waals surface area contributed by atoms with Gasteiger partial charge in [-0.05, 0) is 43.7 Å². The third-order valence-corrected chi connectivity index (χ3v) is 22.5. The molecule has 0 bridgehead atoms. The fourth-order valence-electron chi connectivity index (χ4n) is 9.83. The summed E-state index contributed by atoms with van der Waals surface area (Å²) in [6, 6.07) is 42.1. The highest BCUT2D eigenvalue weighted by Gasteiger charge is 2.64. The zero-order valence-corrected chi connectivity index (χ0v) is 36.7. The van der Waals surface area contributed by atoms with Crippen LogP contribution in [0.2, 0.25) is 10.1 Å². The Morgan fingerprint density at radius 3 is 1.48 bits per heavy atom. The molecule has 0 aromatic heterocycles. The molecule has 3 fully saturated rings. The van der Waals surface area contributed by atoms with Gasteiger partial charge in [0.2, 0.25) is 0 Å². The van der Waals surface area contributed by atoms with Crippen molar-refractivity contribution in [3.05, 3.63) is 134 Å². The van der Waals surface area contributed by atoms with Crippen LogP contribution in [0.25, 0.3) is 0 Å². The molecule has 58 heavy (non-hydrogen) atoms. The van der Waals surface area contributed by atoms with Crippen molar-refractivity contribution in [3.8, 4) is 0 Å². The minimum absolute atomic E-state index is 0.113. The zero-order chi connectivity index (χ0) is 41.3. The van der Waals surface area contributed by atoms with Crippen molar-refractivity contribution < 1.29 is 38.1 Å². The highest BCUT2D eigenvalue weighted by molar-refractivity contribution is 7.00. The highest BCUT2D eigenvalue weighted by atomic mass is 28.4. The number of aliphatic hydroxyl groups excluding tert-OH is 1. The van der Waals surface area contributed by atoms with Crippen LogP contribution in [0.1, 0.15) is 67.2 Å². The highest BCUT2D eigenvalue weighted by Crippen LogP contribution is 2.48. The van der Waals surface area contributed by atoms with Gasteiger partial charge in [0.25, 0.3) is 16.6 Å². The predicted octanol–water partition coefficient (Wildman–Crippen LogP) is 6.37. The van der Waals surface area contributed by atoms with Crippen molar-refractivity contribution in [1.82, 2.24) is 0 Å². The van der Waals surface area contributed by atoms with Gasteiger partial charge in [-0.1, -0.05) is 169 Å². The lowest BCUT2D eigenvalue weighted by Crippen LogP contribution is -2.73. The van der Waals surface area contributed by atoms with Crippen LogP contribution in [0.3, 0.4) is 0 Å². The van der Waals surface area contributed by atoms with E-state index in [9.17, 15) is 15.0 Å². The summed E-state index contributed by atoms with van der Waals surface area (Å²) in [7, 11) is -6.39. The topological polar surface area (TPSA) is 104 Å². The predicted molar refractivity (Wildman–Crippen MR) is 233 cm³/mol. The first-order chi connectivity index (χ1) is 27.7. The van der Waals surface area contributed by atoms with Crippen LogP contribution in [0.15, 0.2) is 134 Å². The number of aliphatic carboxylic acids is 1. The van der Waals surface area contributed by atoms with E-state index < -0.39 is 77.5 Å². The van der Waals surface area contributed by atoms with Crippen molar-refractivity contribution in [2.45, 2.75) is 132 Å². The molecule has 3 aliphatic heterocycles. The Hall–Kier alpha value is -3.72. The van der Waals surface area contributed by atoms with Crippen LogP contribution in [0.5, 0.6) is 0 Å². The number of aliphatic hydroxyl groups is 1. The Labute approximate surface area is 346 Å². The number of carboxylic acid groups (broad SMARTS) is 1. The molecule has 3 heterocycles. The molecule has 4 aromatic rings. The molecule has 4 aromatic carbocycles. The maximum atomic E-state index is 12.1. The molecule has 8 nitrogen and oxygen atoms in total. The molecule has 3 aliphatic rings. The molecule has 2 N–H and O–H groups in total. The number of ether oxygens (including phenoxy) is 3. The number of rotatable bonds is 13. The Bertz CT molecular complexity index is 1890. The Morgan fingerprint density at radius 2 is 1.09 bits per heavy atom. The average Bonchev–Trinajstić information content (AvgIpc) is 3.54. The summed E-state index contributed by atoms with van der Waals surface area (Å²) in [5, 5.41) is 24.9. The van der Waals surface area contributed by atoms with Crippen molar-refractivity contribution in [2.24, 2.45) is 0 Å². The molecule has 0 aliphatic carbocycles. The Morgan fingerprint density at radius 1 is 0.672 bits per heavy atom. The van der Waals surface area contributed by atoms with Crippen molar-refractivity contribution >= 4 is 43.4 Å². The second-order valence-electron chi connectivity index (χ2n) is 18.2. The number of hydrogen-bond donors (Lipinski definition) is 2. The van der Waals surface area contributed by atoms with E-state index in [0.29, 0.717) is 12.8 Å². The normalized spacial score (nSPS) is 26.9. The van der Waals surface area contributed by atoms with Gasteiger partial charge in [0.1, 0.15) is 30.5 Å². The number of benzene rings is 4. The summed E-state index contributed by atoms with van der Waals surface area (Å²) in [4.78, 5) is 12.1. The van der Waals surface area contributed by atoms with E-state index in [-0.39, 0.29) is 22.9 Å². The van der Waals surface area contributed by atoms with E-state index >= 15 is 0 Å². The fourth-order valence-corrected chi connectivity index (χ4v) is 19.2. The second-order valence-corrected chi connectivity index (χ2v) is 26.7. The molecular weight excluding hydrogens is 761 g/mol. The van der Waals surface area contributed by atoms with Crippen LogP contribution < -0.4 is 20.7 Å². The molecule has 0 saturated carbocycles. The van der Waals surface area contributed by atoms with Crippen molar-refractivity contribution in [2.75, 3.05) is 0 Å². The SMILES string of the molecule is C=CC(O)C[C@H]1O[C@H]2[C@@H](O[Si](c3ccccc3)(c3ccccc3)C(C)(C)C)[C@H]3O[C@@H](CC(=O)O)CC[C@@H]3O[C@H]2[C@H]1O[Si](c1ccccc1)(c1ccccc1)C(C)(C)C. The van der Waals surface area contributed by atoms with Gasteiger partial charge in [0.15, 0.2) is 0 Å². The van der Waals surface area contributed by atoms with Crippen LogP contribution in [0.4, 0.5) is 0 Å². The first-order valence-electron chi connectivity index (χ1n) is 20.8. The van der Waals surface area contributed by atoms with Gasteiger partial charge >= 0.3 is 5.97 Å². The molecular formula is C48H60O8Si2. The van der Waals surface area contributed by atoms with E-state index in [0.717, 1.165) is 20.7 Å². The minimum atomic E-state index is -3.22. The van der Waals surface area contributed by atoms with Crippen molar-refractivity contribution in [1.29, 1.82) is 0 Å². The van der Waals surface area contributed by atoms with Crippen LogP contribution in [-0.4, -0.2) is 87.8 Å². The smallest absolute Gasteiger partial charge is 0.305 e. The number of carbonyl (C=O) groups is 1. The molecule has 10 heteroatoms. The zero-order valence-electron chi connectivity index (χ0n) is 34.7. The third-order valence-electron chi connectivity index (χ3n) is 12.4. The van der Waals surface area contributed by atoms with Gasteiger partial charge in [0.05, 0.1) is 30.8 Å². The minimum Gasteiger partial charge on any atom is -0.481 e. The molecule has 9 atom stereocenters. The first kappa shape index (κ1) is 42.4. The average molecular weight is 821 g/mol. The van der Waals surface area contributed by atoms with Gasteiger partial charge in [-0.3, -0.25) is 4.79 Å².